The molecule has 2 aromatic heterocycles. The van der Waals surface area contributed by atoms with Gasteiger partial charge >= 0.3 is 11.4 Å². The lowest BCUT2D eigenvalue weighted by atomic mass is 10.1. The summed E-state index contributed by atoms with van der Waals surface area (Å²) in [6, 6.07) is 14.6. The Kier molecular flexibility index (Phi) is 4.04. The van der Waals surface area contributed by atoms with Crippen molar-refractivity contribution in [1.29, 1.82) is 0 Å². The maximum Gasteiger partial charge on any atom is 0.328 e. The maximum atomic E-state index is 12.6. The van der Waals surface area contributed by atoms with Gasteiger partial charge in [0.25, 0.3) is 5.91 Å². The molecule has 0 fully saturated rings. The largest absolute Gasteiger partial charge is 0.403 e. The van der Waals surface area contributed by atoms with Crippen LogP contribution in [0.3, 0.4) is 0 Å². The highest BCUT2D eigenvalue weighted by Crippen LogP contribution is 2.19. The lowest BCUT2D eigenvalue weighted by Gasteiger charge is -2.04. The fraction of sp³-hybridized carbons (Fsp3) is 0.100. The number of fused-ring (bicyclic) bond motifs is 1. The highest BCUT2D eigenvalue weighted by Gasteiger charge is 2.15. The predicted octanol–water partition coefficient (Wildman–Crippen LogP) is 3.22. The first-order chi connectivity index (χ1) is 13.0. The van der Waals surface area contributed by atoms with E-state index in [1.54, 1.807) is 12.1 Å². The molecular weight excluding hydrogens is 344 g/mol. The Bertz CT molecular complexity index is 1190. The van der Waals surface area contributed by atoms with Crippen molar-refractivity contribution >= 4 is 17.4 Å². The van der Waals surface area contributed by atoms with Gasteiger partial charge in [-0.3, -0.25) is 9.59 Å². The van der Waals surface area contributed by atoms with Gasteiger partial charge in [-0.1, -0.05) is 35.4 Å². The quantitative estimate of drug-likeness (QED) is 0.606. The lowest BCUT2D eigenvalue weighted by molar-refractivity contribution is 0.102. The molecule has 0 bridgehead atoms. The van der Waals surface area contributed by atoms with Crippen LogP contribution in [0.5, 0.6) is 0 Å². The van der Waals surface area contributed by atoms with Crippen molar-refractivity contribution < 1.29 is 9.21 Å². The molecule has 0 saturated heterocycles. The van der Waals surface area contributed by atoms with Gasteiger partial charge in [-0.05, 0) is 38.1 Å². The zero-order valence-electron chi connectivity index (χ0n) is 14.8. The molecule has 1 N–H and O–H groups in total. The number of rotatable bonds is 3. The summed E-state index contributed by atoms with van der Waals surface area (Å²) < 4.78 is 6.60. The summed E-state index contributed by atoms with van der Waals surface area (Å²) in [5.41, 5.74) is 2.85. The van der Waals surface area contributed by atoms with Gasteiger partial charge in [-0.15, -0.1) is 9.61 Å². The number of amides is 1. The first-order valence-electron chi connectivity index (χ1n) is 8.35. The third-order valence-corrected chi connectivity index (χ3v) is 4.15. The summed E-state index contributed by atoms with van der Waals surface area (Å²) in [7, 11) is 0. The van der Waals surface area contributed by atoms with E-state index in [9.17, 15) is 9.59 Å². The van der Waals surface area contributed by atoms with E-state index in [1.807, 2.05) is 50.2 Å². The van der Waals surface area contributed by atoms with Gasteiger partial charge in [0.2, 0.25) is 5.89 Å². The van der Waals surface area contributed by atoms with Gasteiger partial charge in [0, 0.05) is 11.1 Å². The number of nitrogens with zero attached hydrogens (tertiary/aromatic N) is 3. The second kappa shape index (κ2) is 6.53. The molecule has 0 aliphatic heterocycles. The number of carbonyl (C=O) groups is 1. The number of aryl methyl sites for hydroxylation is 2. The van der Waals surface area contributed by atoms with Gasteiger partial charge in [0.1, 0.15) is 5.69 Å². The molecule has 0 aliphatic carbocycles. The summed E-state index contributed by atoms with van der Waals surface area (Å²) in [5.74, 6) is -0.0541. The van der Waals surface area contributed by atoms with Crippen LogP contribution in [0.4, 0.5) is 5.69 Å². The van der Waals surface area contributed by atoms with Gasteiger partial charge in [0.05, 0.1) is 6.20 Å². The third-order valence-electron chi connectivity index (χ3n) is 4.15. The standard InChI is InChI=1S/C20H16N4O3/c1-12-3-7-14(8-4-12)17(25)22-16-11-21-20-24(19(16)26)23-18(27-20)15-9-5-13(2)6-10-15/h3-11H,1-2H3,(H,22,25). The Labute approximate surface area is 154 Å². The molecule has 0 aliphatic rings. The zero-order chi connectivity index (χ0) is 19.0. The molecular formula is C20H16N4O3. The van der Waals surface area contributed by atoms with Gasteiger partial charge < -0.3 is 9.73 Å². The highest BCUT2D eigenvalue weighted by molar-refractivity contribution is 6.04. The van der Waals surface area contributed by atoms with E-state index >= 15 is 0 Å². The molecule has 0 spiro atoms. The van der Waals surface area contributed by atoms with E-state index in [2.05, 4.69) is 15.4 Å². The van der Waals surface area contributed by atoms with E-state index in [4.69, 9.17) is 4.42 Å². The van der Waals surface area contributed by atoms with Gasteiger partial charge in [0.15, 0.2) is 0 Å². The van der Waals surface area contributed by atoms with Crippen LogP contribution in [0, 0.1) is 13.8 Å². The van der Waals surface area contributed by atoms with Crippen LogP contribution >= 0.6 is 0 Å². The van der Waals surface area contributed by atoms with Gasteiger partial charge in [-0.2, -0.15) is 0 Å². The van der Waals surface area contributed by atoms with Crippen molar-refractivity contribution in [2.24, 2.45) is 0 Å². The molecule has 2 aromatic carbocycles. The topological polar surface area (TPSA) is 89.5 Å². The van der Waals surface area contributed by atoms with E-state index in [0.717, 1.165) is 21.2 Å². The minimum atomic E-state index is -0.512. The molecule has 7 heteroatoms. The average Bonchev–Trinajstić information content (AvgIpc) is 3.10. The Hall–Kier alpha value is -3.74. The van der Waals surface area contributed by atoms with Crippen LogP contribution in [0.25, 0.3) is 17.3 Å². The minimum Gasteiger partial charge on any atom is -0.403 e. The first-order valence-corrected chi connectivity index (χ1v) is 8.35. The number of hydrogen-bond donors (Lipinski definition) is 1. The predicted molar refractivity (Wildman–Crippen MR) is 101 cm³/mol. The van der Waals surface area contributed by atoms with E-state index < -0.39 is 11.5 Å². The SMILES string of the molecule is Cc1ccc(C(=O)Nc2cnc3oc(-c4ccc(C)cc4)nn3c2=O)cc1. The smallest absolute Gasteiger partial charge is 0.328 e. The van der Waals surface area contributed by atoms with Crippen molar-refractivity contribution in [2.45, 2.75) is 13.8 Å². The molecule has 4 aromatic rings. The summed E-state index contributed by atoms with van der Waals surface area (Å²) in [6.07, 6.45) is 1.27. The third kappa shape index (κ3) is 3.22. The number of aromatic nitrogens is 3. The van der Waals surface area contributed by atoms with Crippen LogP contribution in [0.2, 0.25) is 0 Å². The monoisotopic (exact) mass is 360 g/mol. The second-order valence-corrected chi connectivity index (χ2v) is 6.26. The van der Waals surface area contributed by atoms with Crippen LogP contribution in [0.1, 0.15) is 21.5 Å². The van der Waals surface area contributed by atoms with Crippen molar-refractivity contribution in [3.8, 4) is 11.5 Å². The van der Waals surface area contributed by atoms with E-state index in [-0.39, 0.29) is 17.4 Å². The molecule has 1 amide bonds. The van der Waals surface area contributed by atoms with Crippen LogP contribution in [-0.4, -0.2) is 20.5 Å². The van der Waals surface area contributed by atoms with Crippen LogP contribution in [-0.2, 0) is 0 Å². The van der Waals surface area contributed by atoms with Gasteiger partial charge in [-0.25, -0.2) is 4.98 Å². The molecule has 0 radical (unpaired) electrons. The first kappa shape index (κ1) is 16.7. The number of nitrogens with one attached hydrogen (secondary N) is 1. The highest BCUT2D eigenvalue weighted by atomic mass is 16.4. The van der Waals surface area contributed by atoms with Crippen molar-refractivity contribution in [2.75, 3.05) is 5.32 Å². The molecule has 7 nitrogen and oxygen atoms in total. The Morgan fingerprint density at radius 1 is 1.00 bits per heavy atom. The zero-order valence-corrected chi connectivity index (χ0v) is 14.8. The molecule has 0 unspecified atom stereocenters. The van der Waals surface area contributed by atoms with E-state index in [1.165, 1.54) is 6.20 Å². The number of carbonyl (C=O) groups excluding carboxylic acids is 1. The van der Waals surface area contributed by atoms with Crippen molar-refractivity contribution in [3.63, 3.8) is 0 Å². The fourth-order valence-electron chi connectivity index (χ4n) is 2.58. The number of anilines is 1. The number of benzene rings is 2. The van der Waals surface area contributed by atoms with Crippen molar-refractivity contribution in [1.82, 2.24) is 14.6 Å². The fourth-order valence-corrected chi connectivity index (χ4v) is 2.58. The molecule has 0 atom stereocenters. The van der Waals surface area contributed by atoms with Crippen molar-refractivity contribution in [3.05, 3.63) is 81.8 Å². The van der Waals surface area contributed by atoms with Crippen LogP contribution < -0.4 is 10.9 Å². The molecule has 2 heterocycles. The van der Waals surface area contributed by atoms with Crippen LogP contribution in [0.15, 0.2) is 63.9 Å². The summed E-state index contributed by atoms with van der Waals surface area (Å²) in [6.45, 7) is 3.91. The normalized spacial score (nSPS) is 10.9. The Balaban J connectivity index is 1.67. The Morgan fingerprint density at radius 3 is 2.30 bits per heavy atom. The Morgan fingerprint density at radius 2 is 1.63 bits per heavy atom. The molecule has 134 valence electrons. The average molecular weight is 360 g/mol. The number of hydrogen-bond acceptors (Lipinski definition) is 5. The maximum absolute atomic E-state index is 12.6. The van der Waals surface area contributed by atoms with E-state index in [0.29, 0.717) is 5.56 Å². The minimum absolute atomic E-state index is 0.0295. The summed E-state index contributed by atoms with van der Waals surface area (Å²) in [5, 5.41) is 6.77. The molecule has 4 rings (SSSR count). The second-order valence-electron chi connectivity index (χ2n) is 6.26. The lowest BCUT2D eigenvalue weighted by Crippen LogP contribution is -2.23. The summed E-state index contributed by atoms with van der Waals surface area (Å²) >= 11 is 0. The molecule has 0 saturated carbocycles. The molecule has 27 heavy (non-hydrogen) atoms. The summed E-state index contributed by atoms with van der Waals surface area (Å²) in [4.78, 5) is 29.1.